The maximum atomic E-state index is 13.3. The van der Waals surface area contributed by atoms with E-state index in [1.54, 1.807) is 9.30 Å². The number of benzene rings is 2. The summed E-state index contributed by atoms with van der Waals surface area (Å²) in [6.07, 6.45) is 2.22. The van der Waals surface area contributed by atoms with E-state index in [1.807, 2.05) is 54.8 Å². The Balaban J connectivity index is 1.55. The zero-order valence-electron chi connectivity index (χ0n) is 16.0. The summed E-state index contributed by atoms with van der Waals surface area (Å²) in [7, 11) is 0. The fourth-order valence-electron chi connectivity index (χ4n) is 3.80. The molecule has 1 amide bonds. The Morgan fingerprint density at radius 1 is 1.07 bits per heavy atom. The second-order valence-electron chi connectivity index (χ2n) is 7.33. The quantitative estimate of drug-likeness (QED) is 0.511. The summed E-state index contributed by atoms with van der Waals surface area (Å²) >= 11 is 1.40. The molecule has 0 N–H and O–H groups in total. The Morgan fingerprint density at radius 3 is 2.62 bits per heavy atom. The van der Waals surface area contributed by atoms with Crippen LogP contribution in [-0.2, 0) is 13.0 Å². The number of nitrogens with zero attached hydrogens (tertiary/aromatic N) is 3. The molecule has 3 heterocycles. The van der Waals surface area contributed by atoms with E-state index < -0.39 is 0 Å². The van der Waals surface area contributed by atoms with Gasteiger partial charge in [0.15, 0.2) is 4.96 Å². The van der Waals surface area contributed by atoms with Crippen molar-refractivity contribution < 1.29 is 4.79 Å². The predicted octanol–water partition coefficient (Wildman–Crippen LogP) is 3.93. The van der Waals surface area contributed by atoms with Gasteiger partial charge in [-0.15, -0.1) is 11.3 Å². The van der Waals surface area contributed by atoms with Gasteiger partial charge in [0.2, 0.25) is 0 Å². The molecule has 29 heavy (non-hydrogen) atoms. The van der Waals surface area contributed by atoms with Crippen LogP contribution >= 0.6 is 11.3 Å². The van der Waals surface area contributed by atoms with Crippen LogP contribution in [0.5, 0.6) is 0 Å². The van der Waals surface area contributed by atoms with Crippen molar-refractivity contribution in [3.05, 3.63) is 92.7 Å². The van der Waals surface area contributed by atoms with Gasteiger partial charge in [0.05, 0.1) is 5.69 Å². The van der Waals surface area contributed by atoms with Gasteiger partial charge < -0.3 is 4.90 Å². The molecule has 144 valence electrons. The number of amides is 1. The number of aromatic nitrogens is 2. The van der Waals surface area contributed by atoms with E-state index in [1.165, 1.54) is 23.1 Å². The van der Waals surface area contributed by atoms with Gasteiger partial charge in [0, 0.05) is 24.7 Å². The van der Waals surface area contributed by atoms with Crippen LogP contribution < -0.4 is 5.56 Å². The van der Waals surface area contributed by atoms with Gasteiger partial charge in [-0.3, -0.25) is 14.0 Å². The molecule has 5 nitrogen and oxygen atoms in total. The molecule has 0 fully saturated rings. The molecule has 1 aliphatic rings. The van der Waals surface area contributed by atoms with Gasteiger partial charge in [-0.05, 0) is 30.0 Å². The summed E-state index contributed by atoms with van der Waals surface area (Å²) < 4.78 is 1.56. The lowest BCUT2D eigenvalue weighted by molar-refractivity contribution is 0.0732. The first-order valence-corrected chi connectivity index (χ1v) is 10.4. The SMILES string of the molecule is Cc1ccc(-c2csc3ncc(C(=O)N4CCc5ccccc5C4)c(=O)n23)cc1. The van der Waals surface area contributed by atoms with Gasteiger partial charge in [-0.25, -0.2) is 4.98 Å². The Bertz CT molecular complexity index is 1290. The van der Waals surface area contributed by atoms with E-state index in [4.69, 9.17) is 0 Å². The molecule has 4 aromatic rings. The Labute approximate surface area is 171 Å². The first kappa shape index (κ1) is 17.8. The largest absolute Gasteiger partial charge is 0.334 e. The molecule has 5 rings (SSSR count). The highest BCUT2D eigenvalue weighted by Gasteiger charge is 2.25. The van der Waals surface area contributed by atoms with Crippen LogP contribution in [0.1, 0.15) is 27.0 Å². The van der Waals surface area contributed by atoms with Crippen molar-refractivity contribution in [2.24, 2.45) is 0 Å². The number of thiazole rings is 1. The third kappa shape index (κ3) is 3.06. The summed E-state index contributed by atoms with van der Waals surface area (Å²) in [5.41, 5.74) is 5.06. The summed E-state index contributed by atoms with van der Waals surface area (Å²) in [4.78, 5) is 33.2. The van der Waals surface area contributed by atoms with Crippen LogP contribution in [-0.4, -0.2) is 26.7 Å². The zero-order chi connectivity index (χ0) is 20.0. The first-order valence-electron chi connectivity index (χ1n) is 9.54. The summed E-state index contributed by atoms with van der Waals surface area (Å²) in [6.45, 7) is 3.15. The molecule has 6 heteroatoms. The Morgan fingerprint density at radius 2 is 1.83 bits per heavy atom. The van der Waals surface area contributed by atoms with Gasteiger partial charge in [-0.2, -0.15) is 0 Å². The molecule has 0 unspecified atom stereocenters. The van der Waals surface area contributed by atoms with Crippen LogP contribution in [0, 0.1) is 6.92 Å². The van der Waals surface area contributed by atoms with Crippen molar-refractivity contribution in [2.75, 3.05) is 6.54 Å². The van der Waals surface area contributed by atoms with Gasteiger partial charge in [0.1, 0.15) is 5.56 Å². The smallest absolute Gasteiger partial charge is 0.271 e. The van der Waals surface area contributed by atoms with Crippen molar-refractivity contribution in [1.29, 1.82) is 0 Å². The first-order chi connectivity index (χ1) is 14.1. The number of rotatable bonds is 2. The average Bonchev–Trinajstić information content (AvgIpc) is 3.19. The van der Waals surface area contributed by atoms with Crippen LogP contribution in [0.3, 0.4) is 0 Å². The third-order valence-electron chi connectivity index (χ3n) is 5.44. The van der Waals surface area contributed by atoms with Gasteiger partial charge >= 0.3 is 0 Å². The monoisotopic (exact) mass is 401 g/mol. The van der Waals surface area contributed by atoms with Crippen LogP contribution in [0.25, 0.3) is 16.2 Å². The Hall–Kier alpha value is -3.25. The standard InChI is InChI=1S/C23H19N3O2S/c1-15-6-8-17(9-7-15)20-14-29-23-24-12-19(22(28)26(20)23)21(27)25-11-10-16-4-2-3-5-18(16)13-25/h2-9,12,14H,10-11,13H2,1H3. The second kappa shape index (κ2) is 6.97. The number of hydrogen-bond acceptors (Lipinski definition) is 4. The summed E-state index contributed by atoms with van der Waals surface area (Å²) in [5.74, 6) is -0.257. The topological polar surface area (TPSA) is 54.7 Å². The zero-order valence-corrected chi connectivity index (χ0v) is 16.8. The maximum Gasteiger partial charge on any atom is 0.271 e. The van der Waals surface area contributed by atoms with Gasteiger partial charge in [0.25, 0.3) is 11.5 Å². The van der Waals surface area contributed by atoms with E-state index in [2.05, 4.69) is 11.1 Å². The molecule has 0 radical (unpaired) electrons. The van der Waals surface area contributed by atoms with E-state index in [-0.39, 0.29) is 17.0 Å². The number of aryl methyl sites for hydroxylation is 1. The fourth-order valence-corrected chi connectivity index (χ4v) is 4.66. The number of carbonyl (C=O) groups is 1. The van der Waals surface area contributed by atoms with E-state index >= 15 is 0 Å². The van der Waals surface area contributed by atoms with Crippen molar-refractivity contribution >= 4 is 22.2 Å². The van der Waals surface area contributed by atoms with Crippen LogP contribution in [0.2, 0.25) is 0 Å². The molecule has 0 spiro atoms. The lowest BCUT2D eigenvalue weighted by atomic mass is 9.99. The molecular formula is C23H19N3O2S. The van der Waals surface area contributed by atoms with Crippen molar-refractivity contribution in [2.45, 2.75) is 19.9 Å². The number of fused-ring (bicyclic) bond motifs is 2. The Kier molecular flexibility index (Phi) is 4.28. The lowest BCUT2D eigenvalue weighted by Crippen LogP contribution is -2.39. The second-order valence-corrected chi connectivity index (χ2v) is 8.16. The average molecular weight is 401 g/mol. The van der Waals surface area contributed by atoms with E-state index in [9.17, 15) is 9.59 Å². The molecule has 0 bridgehead atoms. The molecular weight excluding hydrogens is 382 g/mol. The number of hydrogen-bond donors (Lipinski definition) is 0. The van der Waals surface area contributed by atoms with Crippen molar-refractivity contribution in [3.8, 4) is 11.3 Å². The maximum absolute atomic E-state index is 13.3. The summed E-state index contributed by atoms with van der Waals surface area (Å²) in [5, 5.41) is 1.92. The van der Waals surface area contributed by atoms with Crippen molar-refractivity contribution in [1.82, 2.24) is 14.3 Å². The minimum absolute atomic E-state index is 0.119. The van der Waals surface area contributed by atoms with Gasteiger partial charge in [-0.1, -0.05) is 54.1 Å². The minimum Gasteiger partial charge on any atom is -0.334 e. The van der Waals surface area contributed by atoms with Crippen molar-refractivity contribution in [3.63, 3.8) is 0 Å². The van der Waals surface area contributed by atoms with E-state index in [0.717, 1.165) is 28.8 Å². The highest BCUT2D eigenvalue weighted by Crippen LogP contribution is 2.25. The molecule has 2 aromatic heterocycles. The lowest BCUT2D eigenvalue weighted by Gasteiger charge is -2.28. The minimum atomic E-state index is -0.310. The molecule has 0 aliphatic carbocycles. The fraction of sp³-hybridized carbons (Fsp3) is 0.174. The highest BCUT2D eigenvalue weighted by atomic mass is 32.1. The van der Waals surface area contributed by atoms with E-state index in [0.29, 0.717) is 18.1 Å². The van der Waals surface area contributed by atoms with Crippen LogP contribution in [0.15, 0.2) is 64.9 Å². The highest BCUT2D eigenvalue weighted by molar-refractivity contribution is 7.15. The third-order valence-corrected chi connectivity index (χ3v) is 6.28. The molecule has 2 aromatic carbocycles. The molecule has 0 atom stereocenters. The molecule has 0 saturated carbocycles. The molecule has 1 aliphatic heterocycles. The summed E-state index contributed by atoms with van der Waals surface area (Å²) in [6, 6.07) is 16.1. The number of carbonyl (C=O) groups excluding carboxylic acids is 1. The van der Waals surface area contributed by atoms with Crippen LogP contribution in [0.4, 0.5) is 0 Å². The molecule has 0 saturated heterocycles. The predicted molar refractivity (Wildman–Crippen MR) is 114 cm³/mol. The normalized spacial score (nSPS) is 13.5.